The van der Waals surface area contributed by atoms with Crippen LogP contribution in [0.25, 0.3) is 0 Å². The van der Waals surface area contributed by atoms with Gasteiger partial charge in [-0.1, -0.05) is 17.7 Å². The average Bonchev–Trinajstić information content (AvgIpc) is 3.21. The van der Waals surface area contributed by atoms with E-state index in [-0.39, 0.29) is 29.3 Å². The standard InChI is InChI=1S/C20H24ClFN2O2/c21-16-2-1-3-17(22)14(16)9-24-10-15-13(8-23-19(25)12-4-5-12)18-6-7-20(15,11-24)26-18/h1-3,12-13,15,18H,4-11H2,(H,23,25)/t13-,15+,18+,20+/m0/s1. The molecule has 1 amide bonds. The molecular weight excluding hydrogens is 355 g/mol. The van der Waals surface area contributed by atoms with Gasteiger partial charge in [0.25, 0.3) is 0 Å². The molecule has 3 saturated heterocycles. The van der Waals surface area contributed by atoms with Gasteiger partial charge in [0.05, 0.1) is 11.7 Å². The van der Waals surface area contributed by atoms with Crippen molar-refractivity contribution in [2.75, 3.05) is 19.6 Å². The zero-order valence-corrected chi connectivity index (χ0v) is 15.5. The molecular formula is C20H24ClFN2O2. The van der Waals surface area contributed by atoms with Crippen molar-refractivity contribution in [3.63, 3.8) is 0 Å². The fourth-order valence-corrected chi connectivity index (χ4v) is 5.52. The SMILES string of the molecule is O=C(NC[C@H]1[C@H]2CN(Cc3c(F)cccc3Cl)C[C@]23CC[C@H]1O3)C1CC1. The number of carbonyl (C=O) groups is 1. The molecule has 1 aromatic rings. The molecule has 140 valence electrons. The van der Waals surface area contributed by atoms with Gasteiger partial charge in [0, 0.05) is 54.5 Å². The fraction of sp³-hybridized carbons (Fsp3) is 0.650. The van der Waals surface area contributed by atoms with Gasteiger partial charge in [0.15, 0.2) is 0 Å². The monoisotopic (exact) mass is 378 g/mol. The maximum atomic E-state index is 14.2. The third kappa shape index (κ3) is 2.76. The van der Waals surface area contributed by atoms with E-state index >= 15 is 0 Å². The number of amides is 1. The third-order valence-electron chi connectivity index (χ3n) is 6.76. The summed E-state index contributed by atoms with van der Waals surface area (Å²) >= 11 is 6.21. The van der Waals surface area contributed by atoms with Crippen LogP contribution in [-0.2, 0) is 16.1 Å². The summed E-state index contributed by atoms with van der Waals surface area (Å²) in [4.78, 5) is 14.3. The molecule has 6 heteroatoms. The number of nitrogens with one attached hydrogen (secondary N) is 1. The van der Waals surface area contributed by atoms with Crippen molar-refractivity contribution < 1.29 is 13.9 Å². The number of ether oxygens (including phenoxy) is 1. The van der Waals surface area contributed by atoms with Gasteiger partial charge < -0.3 is 10.1 Å². The molecule has 0 aromatic heterocycles. The first-order valence-electron chi connectivity index (χ1n) is 9.66. The molecule has 4 fully saturated rings. The normalized spacial score (nSPS) is 35.7. The Morgan fingerprint density at radius 3 is 3.00 bits per heavy atom. The highest BCUT2D eigenvalue weighted by atomic mass is 35.5. The summed E-state index contributed by atoms with van der Waals surface area (Å²) < 4.78 is 20.6. The number of hydrogen-bond acceptors (Lipinski definition) is 3. The number of likely N-dealkylation sites (tertiary alicyclic amines) is 1. The van der Waals surface area contributed by atoms with E-state index in [1.165, 1.54) is 6.07 Å². The zero-order chi connectivity index (χ0) is 17.9. The number of halogens is 2. The molecule has 1 N–H and O–H groups in total. The van der Waals surface area contributed by atoms with Crippen molar-refractivity contribution in [1.82, 2.24) is 10.2 Å². The average molecular weight is 379 g/mol. The van der Waals surface area contributed by atoms with Gasteiger partial charge in [-0.05, 0) is 37.8 Å². The first-order chi connectivity index (χ1) is 12.6. The van der Waals surface area contributed by atoms with E-state index in [1.54, 1.807) is 12.1 Å². The van der Waals surface area contributed by atoms with Crippen LogP contribution in [-0.4, -0.2) is 42.1 Å². The lowest BCUT2D eigenvalue weighted by molar-refractivity contribution is -0.122. The van der Waals surface area contributed by atoms with Crippen molar-refractivity contribution in [1.29, 1.82) is 0 Å². The number of carbonyl (C=O) groups excluding carboxylic acids is 1. The van der Waals surface area contributed by atoms with Gasteiger partial charge in [-0.3, -0.25) is 9.69 Å². The molecule has 1 spiro atoms. The fourth-order valence-electron chi connectivity index (χ4n) is 5.30. The summed E-state index contributed by atoms with van der Waals surface area (Å²) in [5.41, 5.74) is 0.455. The smallest absolute Gasteiger partial charge is 0.223 e. The van der Waals surface area contributed by atoms with Gasteiger partial charge in [0.1, 0.15) is 5.82 Å². The van der Waals surface area contributed by atoms with Gasteiger partial charge in [-0.2, -0.15) is 0 Å². The first kappa shape index (κ1) is 17.0. The highest BCUT2D eigenvalue weighted by molar-refractivity contribution is 6.31. The Labute approximate surface area is 158 Å². The molecule has 0 unspecified atom stereocenters. The molecule has 4 nitrogen and oxygen atoms in total. The molecule has 26 heavy (non-hydrogen) atoms. The second-order valence-electron chi connectivity index (χ2n) is 8.42. The summed E-state index contributed by atoms with van der Waals surface area (Å²) in [5, 5.41) is 3.63. The zero-order valence-electron chi connectivity index (χ0n) is 14.7. The molecule has 4 aliphatic rings. The van der Waals surface area contributed by atoms with Gasteiger partial charge in [0.2, 0.25) is 5.91 Å². The Bertz CT molecular complexity index is 720. The number of fused-ring (bicyclic) bond motifs is 1. The Hall–Kier alpha value is -1.17. The minimum absolute atomic E-state index is 0.114. The van der Waals surface area contributed by atoms with E-state index in [4.69, 9.17) is 16.3 Å². The van der Waals surface area contributed by atoms with Crippen LogP contribution in [0, 0.1) is 23.6 Å². The lowest BCUT2D eigenvalue weighted by atomic mass is 9.73. The summed E-state index contributed by atoms with van der Waals surface area (Å²) in [7, 11) is 0. The lowest BCUT2D eigenvalue weighted by Crippen LogP contribution is -2.42. The van der Waals surface area contributed by atoms with Crippen molar-refractivity contribution in [2.45, 2.75) is 43.9 Å². The summed E-state index contributed by atoms with van der Waals surface area (Å²) in [6.45, 7) is 2.93. The minimum atomic E-state index is -0.245. The molecule has 1 aliphatic carbocycles. The van der Waals surface area contributed by atoms with Crippen LogP contribution in [0.5, 0.6) is 0 Å². The number of nitrogens with zero attached hydrogens (tertiary/aromatic N) is 1. The highest BCUT2D eigenvalue weighted by Gasteiger charge is 2.62. The molecule has 3 heterocycles. The topological polar surface area (TPSA) is 41.6 Å². The minimum Gasteiger partial charge on any atom is -0.370 e. The van der Waals surface area contributed by atoms with Crippen LogP contribution in [0.2, 0.25) is 5.02 Å². The van der Waals surface area contributed by atoms with E-state index in [9.17, 15) is 9.18 Å². The lowest BCUT2D eigenvalue weighted by Gasteiger charge is -2.29. The van der Waals surface area contributed by atoms with Crippen molar-refractivity contribution in [3.05, 3.63) is 34.6 Å². The molecule has 1 saturated carbocycles. The Morgan fingerprint density at radius 1 is 1.38 bits per heavy atom. The predicted octanol–water partition coefficient (Wildman–Crippen LogP) is 2.98. The molecule has 3 aliphatic heterocycles. The third-order valence-corrected chi connectivity index (χ3v) is 7.11. The quantitative estimate of drug-likeness (QED) is 0.856. The van der Waals surface area contributed by atoms with Crippen molar-refractivity contribution >= 4 is 17.5 Å². The number of rotatable bonds is 5. The summed E-state index contributed by atoms with van der Waals surface area (Å²) in [5.74, 6) is 0.978. The van der Waals surface area contributed by atoms with Gasteiger partial charge >= 0.3 is 0 Å². The molecule has 4 atom stereocenters. The second kappa shape index (κ2) is 6.18. The van der Waals surface area contributed by atoms with E-state index < -0.39 is 0 Å². The first-order valence-corrected chi connectivity index (χ1v) is 10.0. The van der Waals surface area contributed by atoms with E-state index in [1.807, 2.05) is 0 Å². The Kier molecular flexibility index (Phi) is 4.03. The summed E-state index contributed by atoms with van der Waals surface area (Å²) in [6, 6.07) is 4.85. The van der Waals surface area contributed by atoms with Crippen LogP contribution in [0.4, 0.5) is 4.39 Å². The largest absolute Gasteiger partial charge is 0.370 e. The van der Waals surface area contributed by atoms with Crippen LogP contribution < -0.4 is 5.32 Å². The van der Waals surface area contributed by atoms with Crippen molar-refractivity contribution in [2.24, 2.45) is 17.8 Å². The molecule has 5 rings (SSSR count). The van der Waals surface area contributed by atoms with Crippen molar-refractivity contribution in [3.8, 4) is 0 Å². The van der Waals surface area contributed by atoms with Crippen LogP contribution in [0.1, 0.15) is 31.2 Å². The molecule has 2 bridgehead atoms. The van der Waals surface area contributed by atoms with E-state index in [0.717, 1.165) is 38.8 Å². The van der Waals surface area contributed by atoms with Crippen LogP contribution >= 0.6 is 11.6 Å². The Balaban J connectivity index is 1.28. The molecule has 1 aromatic carbocycles. The van der Waals surface area contributed by atoms with Gasteiger partial charge in [-0.25, -0.2) is 4.39 Å². The second-order valence-corrected chi connectivity index (χ2v) is 8.83. The molecule has 0 radical (unpaired) electrons. The maximum Gasteiger partial charge on any atom is 0.223 e. The predicted molar refractivity (Wildman–Crippen MR) is 96.2 cm³/mol. The van der Waals surface area contributed by atoms with Gasteiger partial charge in [-0.15, -0.1) is 0 Å². The number of benzene rings is 1. The summed E-state index contributed by atoms with van der Waals surface area (Å²) in [6.07, 6.45) is 4.45. The highest BCUT2D eigenvalue weighted by Crippen LogP contribution is 2.55. The van der Waals surface area contributed by atoms with E-state index in [2.05, 4.69) is 10.2 Å². The van der Waals surface area contributed by atoms with E-state index in [0.29, 0.717) is 35.5 Å². The maximum absolute atomic E-state index is 14.2. The number of hydrogen-bond donors (Lipinski definition) is 1. The van der Waals surface area contributed by atoms with Crippen LogP contribution in [0.3, 0.4) is 0 Å². The Morgan fingerprint density at radius 2 is 2.23 bits per heavy atom. The van der Waals surface area contributed by atoms with Crippen LogP contribution in [0.15, 0.2) is 18.2 Å².